The molecule has 3 N–H and O–H groups in total. The van der Waals surface area contributed by atoms with Crippen molar-refractivity contribution in [2.75, 3.05) is 20.8 Å². The summed E-state index contributed by atoms with van der Waals surface area (Å²) in [4.78, 5) is 12.5. The molecule has 0 aromatic heterocycles. The quantitative estimate of drug-likeness (QED) is 0.709. The van der Waals surface area contributed by atoms with Gasteiger partial charge in [-0.1, -0.05) is 6.07 Å². The van der Waals surface area contributed by atoms with E-state index in [1.807, 2.05) is 0 Å². The van der Waals surface area contributed by atoms with E-state index in [2.05, 4.69) is 0 Å². The predicted molar refractivity (Wildman–Crippen MR) is 94.1 cm³/mol. The lowest BCUT2D eigenvalue weighted by atomic mass is 9.66. The van der Waals surface area contributed by atoms with E-state index in [-0.39, 0.29) is 29.6 Å². The van der Waals surface area contributed by atoms with Gasteiger partial charge in [0.15, 0.2) is 23.0 Å². The van der Waals surface area contributed by atoms with E-state index < -0.39 is 29.8 Å². The van der Waals surface area contributed by atoms with Gasteiger partial charge in [-0.3, -0.25) is 4.79 Å². The average molecular weight is 372 g/mol. The number of carbonyl (C=O) groups excluding carboxylic acids is 1. The van der Waals surface area contributed by atoms with Gasteiger partial charge in [-0.15, -0.1) is 0 Å². The summed E-state index contributed by atoms with van der Waals surface area (Å²) in [7, 11) is 2.88. The van der Waals surface area contributed by atoms with E-state index in [0.29, 0.717) is 11.1 Å². The van der Waals surface area contributed by atoms with Gasteiger partial charge in [-0.2, -0.15) is 0 Å². The normalized spacial score (nSPS) is 26.1. The number of carbonyl (C=O) groups is 1. The number of hydrogen-bond acceptors (Lipinski definition) is 7. The molecule has 4 rings (SSSR count). The largest absolute Gasteiger partial charge is 0.504 e. The standard InChI is InChI=1S/C20H20O7/c1-25-15-5-9(3-4-13(15)21)17-10-6-14(22)16(26-2)7-11(10)19(23)12-8-27-20(24)18(12)17/h3-7,12,17-19,21-23H,8H2,1-2H3/t12-,17-,18-,19-/m0/s1. The third-order valence-corrected chi connectivity index (χ3v) is 5.52. The number of fused-ring (bicyclic) bond motifs is 2. The summed E-state index contributed by atoms with van der Waals surface area (Å²) in [6.07, 6.45) is -0.916. The van der Waals surface area contributed by atoms with Crippen LogP contribution in [0.15, 0.2) is 30.3 Å². The van der Waals surface area contributed by atoms with Gasteiger partial charge in [0.1, 0.15) is 0 Å². The monoisotopic (exact) mass is 372 g/mol. The Labute approximate surface area is 155 Å². The molecule has 1 aliphatic carbocycles. The highest BCUT2D eigenvalue weighted by Gasteiger charge is 2.51. The van der Waals surface area contributed by atoms with Crippen molar-refractivity contribution in [2.24, 2.45) is 11.8 Å². The fraction of sp³-hybridized carbons (Fsp3) is 0.350. The van der Waals surface area contributed by atoms with Gasteiger partial charge in [0.05, 0.1) is 32.8 Å². The molecule has 2 aromatic carbocycles. The van der Waals surface area contributed by atoms with Crippen molar-refractivity contribution in [3.63, 3.8) is 0 Å². The maximum atomic E-state index is 12.5. The zero-order valence-corrected chi connectivity index (χ0v) is 14.9. The highest BCUT2D eigenvalue weighted by Crippen LogP contribution is 2.53. The first-order valence-electron chi connectivity index (χ1n) is 8.58. The minimum atomic E-state index is -0.916. The number of methoxy groups -OCH3 is 2. The van der Waals surface area contributed by atoms with Crippen LogP contribution in [0.4, 0.5) is 0 Å². The topological polar surface area (TPSA) is 105 Å². The minimum Gasteiger partial charge on any atom is -0.504 e. The molecule has 0 unspecified atom stereocenters. The van der Waals surface area contributed by atoms with E-state index in [1.165, 1.54) is 26.4 Å². The second-order valence-electron chi connectivity index (χ2n) is 6.83. The number of aliphatic hydroxyl groups excluding tert-OH is 1. The molecular formula is C20H20O7. The van der Waals surface area contributed by atoms with Gasteiger partial charge in [0.25, 0.3) is 0 Å². The molecular weight excluding hydrogens is 352 g/mol. The molecule has 1 saturated heterocycles. The lowest BCUT2D eigenvalue weighted by Crippen LogP contribution is -2.34. The predicted octanol–water partition coefficient (Wildman–Crippen LogP) is 2.08. The third kappa shape index (κ3) is 2.57. The molecule has 0 spiro atoms. The van der Waals surface area contributed by atoms with Gasteiger partial charge < -0.3 is 29.5 Å². The highest BCUT2D eigenvalue weighted by atomic mass is 16.5. The van der Waals surface area contributed by atoms with Gasteiger partial charge >= 0.3 is 5.97 Å². The summed E-state index contributed by atoms with van der Waals surface area (Å²) in [6.45, 7) is 0.124. The van der Waals surface area contributed by atoms with Crippen molar-refractivity contribution in [2.45, 2.75) is 12.0 Å². The van der Waals surface area contributed by atoms with Crippen LogP contribution >= 0.6 is 0 Å². The van der Waals surface area contributed by atoms with Crippen molar-refractivity contribution in [3.05, 3.63) is 47.0 Å². The molecule has 1 heterocycles. The number of benzene rings is 2. The van der Waals surface area contributed by atoms with Crippen LogP contribution in [-0.4, -0.2) is 42.1 Å². The average Bonchev–Trinajstić information content (AvgIpc) is 3.04. The SMILES string of the molecule is COc1cc([C@H]2c3cc(O)c(OC)cc3[C@H](O)[C@H]3COC(=O)[C@H]23)ccc1O. The Bertz CT molecular complexity index is 907. The molecule has 1 aliphatic heterocycles. The number of hydrogen-bond donors (Lipinski definition) is 3. The molecule has 0 radical (unpaired) electrons. The van der Waals surface area contributed by atoms with Crippen LogP contribution in [0.1, 0.15) is 28.7 Å². The molecule has 0 amide bonds. The number of ether oxygens (including phenoxy) is 3. The number of phenolic OH excluding ortho intramolecular Hbond substituents is 2. The fourth-order valence-corrected chi connectivity index (χ4v) is 4.21. The Hall–Kier alpha value is -2.93. The molecule has 2 aromatic rings. The number of cyclic esters (lactones) is 1. The number of rotatable bonds is 3. The molecule has 7 heteroatoms. The van der Waals surface area contributed by atoms with E-state index in [4.69, 9.17) is 14.2 Å². The zero-order valence-electron chi connectivity index (χ0n) is 14.9. The van der Waals surface area contributed by atoms with Gasteiger partial charge in [0, 0.05) is 11.8 Å². The highest BCUT2D eigenvalue weighted by molar-refractivity contribution is 5.78. The van der Waals surface area contributed by atoms with E-state index in [1.54, 1.807) is 18.2 Å². The lowest BCUT2D eigenvalue weighted by Gasteiger charge is -2.37. The smallest absolute Gasteiger partial charge is 0.310 e. The van der Waals surface area contributed by atoms with Crippen molar-refractivity contribution in [1.29, 1.82) is 0 Å². The summed E-state index contributed by atoms with van der Waals surface area (Å²) in [5, 5.41) is 31.0. The molecule has 142 valence electrons. The molecule has 7 nitrogen and oxygen atoms in total. The van der Waals surface area contributed by atoms with Gasteiger partial charge in [-0.05, 0) is 41.0 Å². The minimum absolute atomic E-state index is 0.0135. The summed E-state index contributed by atoms with van der Waals surface area (Å²) >= 11 is 0. The summed E-state index contributed by atoms with van der Waals surface area (Å²) < 4.78 is 15.6. The van der Waals surface area contributed by atoms with Crippen LogP contribution in [0.2, 0.25) is 0 Å². The fourth-order valence-electron chi connectivity index (χ4n) is 4.21. The van der Waals surface area contributed by atoms with E-state index in [0.717, 1.165) is 5.56 Å². The molecule has 0 saturated carbocycles. The summed E-state index contributed by atoms with van der Waals surface area (Å²) in [6, 6.07) is 7.97. The van der Waals surface area contributed by atoms with E-state index in [9.17, 15) is 20.1 Å². The molecule has 0 bridgehead atoms. The Morgan fingerprint density at radius 3 is 2.41 bits per heavy atom. The van der Waals surface area contributed by atoms with Gasteiger partial charge in [0.2, 0.25) is 0 Å². The van der Waals surface area contributed by atoms with Crippen LogP contribution in [0.3, 0.4) is 0 Å². The molecule has 4 atom stereocenters. The van der Waals surface area contributed by atoms with Crippen molar-refractivity contribution in [3.8, 4) is 23.0 Å². The molecule has 27 heavy (non-hydrogen) atoms. The van der Waals surface area contributed by atoms with Crippen LogP contribution in [-0.2, 0) is 9.53 Å². The van der Waals surface area contributed by atoms with Crippen LogP contribution in [0.25, 0.3) is 0 Å². The second kappa shape index (κ2) is 6.35. The third-order valence-electron chi connectivity index (χ3n) is 5.52. The molecule has 2 aliphatic rings. The Kier molecular flexibility index (Phi) is 4.11. The number of aliphatic hydroxyl groups is 1. The van der Waals surface area contributed by atoms with Crippen LogP contribution in [0.5, 0.6) is 23.0 Å². The Morgan fingerprint density at radius 1 is 1.00 bits per heavy atom. The van der Waals surface area contributed by atoms with Crippen molar-refractivity contribution < 1.29 is 34.3 Å². The Balaban J connectivity index is 1.94. The van der Waals surface area contributed by atoms with Crippen molar-refractivity contribution >= 4 is 5.97 Å². The van der Waals surface area contributed by atoms with E-state index >= 15 is 0 Å². The molecule has 1 fully saturated rings. The number of phenols is 2. The van der Waals surface area contributed by atoms with Crippen molar-refractivity contribution in [1.82, 2.24) is 0 Å². The first kappa shape index (κ1) is 17.5. The first-order chi connectivity index (χ1) is 13.0. The maximum Gasteiger partial charge on any atom is 0.310 e. The number of esters is 1. The number of aromatic hydroxyl groups is 2. The second-order valence-corrected chi connectivity index (χ2v) is 6.83. The Morgan fingerprint density at radius 2 is 1.70 bits per heavy atom. The van der Waals surface area contributed by atoms with Gasteiger partial charge in [-0.25, -0.2) is 0 Å². The van der Waals surface area contributed by atoms with Crippen LogP contribution < -0.4 is 9.47 Å². The van der Waals surface area contributed by atoms with Crippen LogP contribution in [0, 0.1) is 11.8 Å². The zero-order chi connectivity index (χ0) is 19.3. The first-order valence-corrected chi connectivity index (χ1v) is 8.58. The lowest BCUT2D eigenvalue weighted by molar-refractivity contribution is -0.141. The summed E-state index contributed by atoms with van der Waals surface area (Å²) in [5.41, 5.74) is 1.92. The maximum absolute atomic E-state index is 12.5. The summed E-state index contributed by atoms with van der Waals surface area (Å²) in [5.74, 6) is -1.44.